The van der Waals surface area contributed by atoms with Crippen LogP contribution < -0.4 is 10.6 Å². The molecule has 0 aliphatic heterocycles. The summed E-state index contributed by atoms with van der Waals surface area (Å²) < 4.78 is 0.925. The van der Waals surface area contributed by atoms with Gasteiger partial charge in [-0.15, -0.1) is 0 Å². The molecule has 0 aliphatic carbocycles. The molecular weight excluding hydrogens is 304 g/mol. The Kier molecular flexibility index (Phi) is 6.92. The number of benzene rings is 1. The molecule has 0 radical (unpaired) electrons. The van der Waals surface area contributed by atoms with Crippen molar-refractivity contribution in [2.45, 2.75) is 45.4 Å². The number of hydrogen-bond donors (Lipinski definition) is 1. The van der Waals surface area contributed by atoms with Gasteiger partial charge in [-0.3, -0.25) is 4.79 Å². The molecule has 1 aromatic carbocycles. The number of hydrogen-bond acceptors (Lipinski definition) is 2. The highest BCUT2D eigenvalue weighted by atomic mass is 79.9. The van der Waals surface area contributed by atoms with E-state index in [1.54, 1.807) is 11.9 Å². The van der Waals surface area contributed by atoms with Crippen molar-refractivity contribution in [3.63, 3.8) is 0 Å². The van der Waals surface area contributed by atoms with Crippen LogP contribution >= 0.6 is 15.9 Å². The zero-order valence-corrected chi connectivity index (χ0v) is 13.4. The van der Waals surface area contributed by atoms with Gasteiger partial charge < -0.3 is 10.6 Å². The fraction of sp³-hybridized carbons (Fsp3) is 0.533. The van der Waals surface area contributed by atoms with Crippen molar-refractivity contribution in [3.05, 3.63) is 22.7 Å². The lowest BCUT2D eigenvalue weighted by Crippen LogP contribution is -2.26. The minimum atomic E-state index is 0.130. The molecule has 0 atom stereocenters. The molecule has 0 saturated carbocycles. The number of carbonyl (C=O) groups is 1. The van der Waals surface area contributed by atoms with E-state index in [-0.39, 0.29) is 5.91 Å². The van der Waals surface area contributed by atoms with Gasteiger partial charge in [0.25, 0.3) is 0 Å². The van der Waals surface area contributed by atoms with E-state index < -0.39 is 0 Å². The maximum absolute atomic E-state index is 12.1. The zero-order valence-electron chi connectivity index (χ0n) is 11.8. The van der Waals surface area contributed by atoms with Crippen LogP contribution in [0.25, 0.3) is 0 Å². The zero-order chi connectivity index (χ0) is 14.3. The van der Waals surface area contributed by atoms with Crippen molar-refractivity contribution in [1.82, 2.24) is 0 Å². The molecule has 1 amide bonds. The lowest BCUT2D eigenvalue weighted by Gasteiger charge is -2.19. The van der Waals surface area contributed by atoms with E-state index in [1.807, 2.05) is 18.2 Å². The monoisotopic (exact) mass is 326 g/mol. The molecule has 19 heavy (non-hydrogen) atoms. The molecule has 4 heteroatoms. The first kappa shape index (κ1) is 16.0. The smallest absolute Gasteiger partial charge is 0.226 e. The summed E-state index contributed by atoms with van der Waals surface area (Å²) >= 11 is 3.36. The van der Waals surface area contributed by atoms with E-state index in [9.17, 15) is 4.79 Å². The lowest BCUT2D eigenvalue weighted by molar-refractivity contribution is -0.118. The van der Waals surface area contributed by atoms with Gasteiger partial charge in [-0.1, -0.05) is 48.5 Å². The summed E-state index contributed by atoms with van der Waals surface area (Å²) in [5.74, 6) is 0.130. The van der Waals surface area contributed by atoms with Crippen LogP contribution in [0.3, 0.4) is 0 Å². The Morgan fingerprint density at radius 3 is 2.58 bits per heavy atom. The standard InChI is InChI=1S/C15H23BrN2O/c1-3-4-5-6-7-8-15(19)18(2)14-10-9-12(16)11-13(14)17/h9-11H,3-8,17H2,1-2H3. The molecule has 0 heterocycles. The Labute approximate surface area is 124 Å². The van der Waals surface area contributed by atoms with Crippen LogP contribution in [-0.2, 0) is 4.79 Å². The Balaban J connectivity index is 2.47. The van der Waals surface area contributed by atoms with Gasteiger partial charge in [0, 0.05) is 17.9 Å². The summed E-state index contributed by atoms with van der Waals surface area (Å²) in [6.07, 6.45) is 6.37. The third-order valence-corrected chi connectivity index (χ3v) is 3.71. The second-order valence-electron chi connectivity index (χ2n) is 4.82. The van der Waals surface area contributed by atoms with Crippen LogP contribution in [0.2, 0.25) is 0 Å². The molecule has 2 N–H and O–H groups in total. The number of rotatable bonds is 7. The van der Waals surface area contributed by atoms with E-state index in [0.717, 1.165) is 23.0 Å². The number of carbonyl (C=O) groups excluding carboxylic acids is 1. The van der Waals surface area contributed by atoms with Gasteiger partial charge >= 0.3 is 0 Å². The number of nitrogens with zero attached hydrogens (tertiary/aromatic N) is 1. The van der Waals surface area contributed by atoms with Gasteiger partial charge in [-0.25, -0.2) is 0 Å². The Hall–Kier alpha value is -1.03. The minimum absolute atomic E-state index is 0.130. The molecule has 0 spiro atoms. The first-order chi connectivity index (χ1) is 9.06. The third kappa shape index (κ3) is 5.23. The lowest BCUT2D eigenvalue weighted by atomic mass is 10.1. The molecule has 0 aromatic heterocycles. The first-order valence-electron chi connectivity index (χ1n) is 6.87. The Morgan fingerprint density at radius 1 is 1.26 bits per heavy atom. The Bertz CT molecular complexity index is 421. The SMILES string of the molecule is CCCCCCCC(=O)N(C)c1ccc(Br)cc1N. The van der Waals surface area contributed by atoms with Gasteiger partial charge in [0.05, 0.1) is 11.4 Å². The molecule has 1 rings (SSSR count). The predicted molar refractivity (Wildman–Crippen MR) is 85.3 cm³/mol. The Morgan fingerprint density at radius 2 is 1.95 bits per heavy atom. The van der Waals surface area contributed by atoms with Gasteiger partial charge in [0.1, 0.15) is 0 Å². The fourth-order valence-corrected chi connectivity index (χ4v) is 2.39. The highest BCUT2D eigenvalue weighted by molar-refractivity contribution is 9.10. The summed E-state index contributed by atoms with van der Waals surface area (Å²) in [5, 5.41) is 0. The minimum Gasteiger partial charge on any atom is -0.397 e. The number of halogens is 1. The van der Waals surface area contributed by atoms with Gasteiger partial charge in [0.15, 0.2) is 0 Å². The van der Waals surface area contributed by atoms with E-state index in [4.69, 9.17) is 5.73 Å². The molecule has 0 aliphatic rings. The summed E-state index contributed by atoms with van der Waals surface area (Å²) in [6.45, 7) is 2.19. The average Bonchev–Trinajstić information content (AvgIpc) is 2.37. The molecule has 106 valence electrons. The van der Waals surface area contributed by atoms with E-state index in [2.05, 4.69) is 22.9 Å². The number of unbranched alkanes of at least 4 members (excludes halogenated alkanes) is 4. The molecule has 0 saturated heterocycles. The van der Waals surface area contributed by atoms with E-state index >= 15 is 0 Å². The van der Waals surface area contributed by atoms with Crippen LogP contribution in [0.4, 0.5) is 11.4 Å². The average molecular weight is 327 g/mol. The van der Waals surface area contributed by atoms with E-state index in [1.165, 1.54) is 19.3 Å². The van der Waals surface area contributed by atoms with Crippen LogP contribution in [0.5, 0.6) is 0 Å². The molecular formula is C15H23BrN2O. The fourth-order valence-electron chi connectivity index (χ4n) is 2.01. The molecule has 0 fully saturated rings. The first-order valence-corrected chi connectivity index (χ1v) is 7.67. The normalized spacial score (nSPS) is 10.5. The van der Waals surface area contributed by atoms with Gasteiger partial charge in [0.2, 0.25) is 5.91 Å². The maximum Gasteiger partial charge on any atom is 0.226 e. The third-order valence-electron chi connectivity index (χ3n) is 3.22. The van der Waals surface area contributed by atoms with Crippen molar-refractivity contribution in [2.24, 2.45) is 0 Å². The summed E-state index contributed by atoms with van der Waals surface area (Å²) in [5.41, 5.74) is 7.33. The van der Waals surface area contributed by atoms with Gasteiger partial charge in [-0.05, 0) is 24.6 Å². The van der Waals surface area contributed by atoms with Crippen LogP contribution in [0, 0.1) is 0 Å². The van der Waals surface area contributed by atoms with Crippen LogP contribution in [0.15, 0.2) is 22.7 Å². The molecule has 3 nitrogen and oxygen atoms in total. The van der Waals surface area contributed by atoms with Crippen molar-refractivity contribution >= 4 is 33.2 Å². The number of nitrogen functional groups attached to an aromatic ring is 1. The topological polar surface area (TPSA) is 46.3 Å². The highest BCUT2D eigenvalue weighted by Crippen LogP contribution is 2.26. The van der Waals surface area contributed by atoms with E-state index in [0.29, 0.717) is 12.1 Å². The van der Waals surface area contributed by atoms with Crippen LogP contribution in [-0.4, -0.2) is 13.0 Å². The number of anilines is 2. The summed E-state index contributed by atoms with van der Waals surface area (Å²) in [6, 6.07) is 5.59. The number of amides is 1. The van der Waals surface area contributed by atoms with Crippen LogP contribution in [0.1, 0.15) is 45.4 Å². The molecule has 1 aromatic rings. The van der Waals surface area contributed by atoms with Gasteiger partial charge in [-0.2, -0.15) is 0 Å². The largest absolute Gasteiger partial charge is 0.397 e. The van der Waals surface area contributed by atoms with Crippen molar-refractivity contribution in [3.8, 4) is 0 Å². The molecule has 0 unspecified atom stereocenters. The van der Waals surface area contributed by atoms with Crippen molar-refractivity contribution < 1.29 is 4.79 Å². The quantitative estimate of drug-likeness (QED) is 0.598. The summed E-state index contributed by atoms with van der Waals surface area (Å²) in [4.78, 5) is 13.7. The number of nitrogens with two attached hydrogens (primary N) is 1. The highest BCUT2D eigenvalue weighted by Gasteiger charge is 2.13. The van der Waals surface area contributed by atoms with Crippen molar-refractivity contribution in [1.29, 1.82) is 0 Å². The summed E-state index contributed by atoms with van der Waals surface area (Å²) in [7, 11) is 1.79. The molecule has 0 bridgehead atoms. The second-order valence-corrected chi connectivity index (χ2v) is 5.74. The second kappa shape index (κ2) is 8.20. The predicted octanol–water partition coefficient (Wildman–Crippen LogP) is 4.35. The maximum atomic E-state index is 12.1. The van der Waals surface area contributed by atoms with Crippen molar-refractivity contribution in [2.75, 3.05) is 17.7 Å².